The quantitative estimate of drug-likeness (QED) is 0.916. The first-order valence-corrected chi connectivity index (χ1v) is 8.74. The molecule has 0 amide bonds. The highest BCUT2D eigenvalue weighted by atomic mass is 15.2. The molecule has 116 valence electrons. The molecule has 1 aliphatic heterocycles. The molecule has 2 fully saturated rings. The average molecular weight is 286 g/mol. The van der Waals surface area contributed by atoms with Crippen LogP contribution in [-0.2, 0) is 6.42 Å². The van der Waals surface area contributed by atoms with Crippen LogP contribution in [0.1, 0.15) is 51.0 Å². The molecule has 1 unspecified atom stereocenters. The highest BCUT2D eigenvalue weighted by Crippen LogP contribution is 2.41. The second-order valence-corrected chi connectivity index (χ2v) is 7.28. The normalized spacial score (nSPS) is 32.2. The Morgan fingerprint density at radius 3 is 2.33 bits per heavy atom. The van der Waals surface area contributed by atoms with Gasteiger partial charge in [-0.2, -0.15) is 0 Å². The van der Waals surface area contributed by atoms with Crippen LogP contribution in [0.2, 0.25) is 0 Å². The van der Waals surface area contributed by atoms with Crippen molar-refractivity contribution in [3.8, 4) is 0 Å². The van der Waals surface area contributed by atoms with Crippen molar-refractivity contribution in [1.82, 2.24) is 4.90 Å². The van der Waals surface area contributed by atoms with E-state index in [9.17, 15) is 0 Å². The first kappa shape index (κ1) is 15.1. The number of hydrogen-bond donors (Lipinski definition) is 1. The summed E-state index contributed by atoms with van der Waals surface area (Å²) in [4.78, 5) is 2.80. The van der Waals surface area contributed by atoms with Crippen LogP contribution < -0.4 is 5.73 Å². The van der Waals surface area contributed by atoms with Gasteiger partial charge in [0.05, 0.1) is 0 Å². The molecule has 0 radical (unpaired) electrons. The minimum atomic E-state index is 0.360. The van der Waals surface area contributed by atoms with Crippen molar-refractivity contribution in [2.45, 2.75) is 63.5 Å². The van der Waals surface area contributed by atoms with E-state index in [2.05, 4.69) is 42.2 Å². The summed E-state index contributed by atoms with van der Waals surface area (Å²) in [5.74, 6) is 0.733. The number of nitrogens with two attached hydrogens (primary N) is 1. The summed E-state index contributed by atoms with van der Waals surface area (Å²) in [6, 6.07) is 11.4. The van der Waals surface area contributed by atoms with Crippen molar-refractivity contribution >= 4 is 0 Å². The highest BCUT2D eigenvalue weighted by molar-refractivity contribution is 5.19. The van der Waals surface area contributed by atoms with Gasteiger partial charge >= 0.3 is 0 Å². The predicted molar refractivity (Wildman–Crippen MR) is 89.3 cm³/mol. The van der Waals surface area contributed by atoms with E-state index < -0.39 is 0 Å². The fourth-order valence-corrected chi connectivity index (χ4v) is 4.48. The second-order valence-electron chi connectivity index (χ2n) is 7.28. The van der Waals surface area contributed by atoms with E-state index in [-0.39, 0.29) is 0 Å². The van der Waals surface area contributed by atoms with Gasteiger partial charge in [0, 0.05) is 11.6 Å². The smallest absolute Gasteiger partial charge is 0.0250 e. The van der Waals surface area contributed by atoms with Gasteiger partial charge in [-0.25, -0.2) is 0 Å². The van der Waals surface area contributed by atoms with Crippen LogP contribution in [-0.4, -0.2) is 29.6 Å². The maximum atomic E-state index is 6.15. The molecule has 1 aromatic rings. The molecule has 3 rings (SSSR count). The Hall–Kier alpha value is -0.860. The average Bonchev–Trinajstić information content (AvgIpc) is 3.03. The molecule has 1 heterocycles. The molecular formula is C19H30N2. The number of nitrogens with zero attached hydrogens (tertiary/aromatic N) is 1. The molecule has 0 bridgehead atoms. The number of rotatable bonds is 4. The largest absolute Gasteiger partial charge is 0.328 e. The SMILES string of the molecule is CC(N)C1CCC(Cc2ccccc2)(N2CCCC2)CC1. The van der Waals surface area contributed by atoms with Crippen LogP contribution >= 0.6 is 0 Å². The zero-order chi connectivity index (χ0) is 14.7. The Bertz CT molecular complexity index is 426. The lowest BCUT2D eigenvalue weighted by Crippen LogP contribution is -2.52. The van der Waals surface area contributed by atoms with Gasteiger partial charge in [-0.15, -0.1) is 0 Å². The molecule has 0 spiro atoms. The van der Waals surface area contributed by atoms with Crippen LogP contribution in [0.3, 0.4) is 0 Å². The summed E-state index contributed by atoms with van der Waals surface area (Å²) in [6.07, 6.45) is 9.25. The Labute approximate surface area is 129 Å². The third kappa shape index (κ3) is 3.32. The topological polar surface area (TPSA) is 29.3 Å². The molecule has 0 aromatic heterocycles. The summed E-state index contributed by atoms with van der Waals surface area (Å²) >= 11 is 0. The van der Waals surface area contributed by atoms with Gasteiger partial charge in [0.25, 0.3) is 0 Å². The lowest BCUT2D eigenvalue weighted by molar-refractivity contribution is 0.0518. The molecule has 2 aliphatic rings. The Kier molecular flexibility index (Phi) is 4.66. The van der Waals surface area contributed by atoms with Gasteiger partial charge in [0.15, 0.2) is 0 Å². The molecule has 1 saturated heterocycles. The van der Waals surface area contributed by atoms with Gasteiger partial charge < -0.3 is 5.73 Å². The maximum Gasteiger partial charge on any atom is 0.0250 e. The minimum absolute atomic E-state index is 0.360. The number of hydrogen-bond acceptors (Lipinski definition) is 2. The standard InChI is InChI=1S/C19H30N2/c1-16(20)18-9-11-19(12-10-18,21-13-5-6-14-21)15-17-7-3-2-4-8-17/h2-4,7-8,16,18H,5-6,9-15,20H2,1H3. The fourth-order valence-electron chi connectivity index (χ4n) is 4.48. The molecule has 1 saturated carbocycles. The summed E-state index contributed by atoms with van der Waals surface area (Å²) in [5, 5.41) is 0. The Balaban J connectivity index is 1.76. The third-order valence-corrected chi connectivity index (χ3v) is 5.86. The molecule has 2 heteroatoms. The summed E-state index contributed by atoms with van der Waals surface area (Å²) in [7, 11) is 0. The minimum Gasteiger partial charge on any atom is -0.328 e. The molecule has 1 atom stereocenters. The molecular weight excluding hydrogens is 256 g/mol. The summed E-state index contributed by atoms with van der Waals surface area (Å²) in [6.45, 7) is 4.79. The monoisotopic (exact) mass is 286 g/mol. The van der Waals surface area contributed by atoms with Crippen LogP contribution in [0, 0.1) is 5.92 Å². The zero-order valence-corrected chi connectivity index (χ0v) is 13.4. The number of likely N-dealkylation sites (tertiary alicyclic amines) is 1. The van der Waals surface area contributed by atoms with Crippen molar-refractivity contribution in [1.29, 1.82) is 0 Å². The van der Waals surface area contributed by atoms with E-state index >= 15 is 0 Å². The van der Waals surface area contributed by atoms with Crippen molar-refractivity contribution in [3.05, 3.63) is 35.9 Å². The van der Waals surface area contributed by atoms with Gasteiger partial charge in [0.1, 0.15) is 0 Å². The van der Waals surface area contributed by atoms with Gasteiger partial charge in [-0.05, 0) is 76.4 Å². The maximum absolute atomic E-state index is 6.15. The van der Waals surface area contributed by atoms with Crippen molar-refractivity contribution in [3.63, 3.8) is 0 Å². The van der Waals surface area contributed by atoms with E-state index in [0.29, 0.717) is 11.6 Å². The zero-order valence-electron chi connectivity index (χ0n) is 13.4. The third-order valence-electron chi connectivity index (χ3n) is 5.86. The molecule has 1 aliphatic carbocycles. The molecule has 21 heavy (non-hydrogen) atoms. The number of benzene rings is 1. The van der Waals surface area contributed by atoms with E-state index in [0.717, 1.165) is 5.92 Å². The highest BCUT2D eigenvalue weighted by Gasteiger charge is 2.41. The lowest BCUT2D eigenvalue weighted by Gasteiger charge is -2.47. The first-order valence-electron chi connectivity index (χ1n) is 8.74. The Morgan fingerprint density at radius 2 is 1.76 bits per heavy atom. The molecule has 2 N–H and O–H groups in total. The summed E-state index contributed by atoms with van der Waals surface area (Å²) < 4.78 is 0. The van der Waals surface area contributed by atoms with Crippen LogP contribution in [0.15, 0.2) is 30.3 Å². The van der Waals surface area contributed by atoms with E-state index in [1.807, 2.05) is 0 Å². The van der Waals surface area contributed by atoms with Crippen molar-refractivity contribution < 1.29 is 0 Å². The van der Waals surface area contributed by atoms with Gasteiger partial charge in [-0.1, -0.05) is 30.3 Å². The predicted octanol–water partition coefficient (Wildman–Crippen LogP) is 3.60. The summed E-state index contributed by atoms with van der Waals surface area (Å²) in [5.41, 5.74) is 8.06. The van der Waals surface area contributed by atoms with E-state index in [4.69, 9.17) is 5.73 Å². The van der Waals surface area contributed by atoms with Gasteiger partial charge in [0.2, 0.25) is 0 Å². The van der Waals surface area contributed by atoms with Crippen LogP contribution in [0.25, 0.3) is 0 Å². The molecule has 2 nitrogen and oxygen atoms in total. The van der Waals surface area contributed by atoms with E-state index in [1.54, 1.807) is 0 Å². The van der Waals surface area contributed by atoms with Crippen LogP contribution in [0.5, 0.6) is 0 Å². The van der Waals surface area contributed by atoms with Crippen molar-refractivity contribution in [2.24, 2.45) is 11.7 Å². The van der Waals surface area contributed by atoms with Crippen LogP contribution in [0.4, 0.5) is 0 Å². The first-order chi connectivity index (χ1) is 10.2. The van der Waals surface area contributed by atoms with E-state index in [1.165, 1.54) is 63.6 Å². The Morgan fingerprint density at radius 1 is 1.14 bits per heavy atom. The fraction of sp³-hybridized carbons (Fsp3) is 0.684. The van der Waals surface area contributed by atoms with Crippen molar-refractivity contribution in [2.75, 3.05) is 13.1 Å². The molecule has 1 aromatic carbocycles. The van der Waals surface area contributed by atoms with Gasteiger partial charge in [-0.3, -0.25) is 4.90 Å². The second kappa shape index (κ2) is 6.50. The lowest BCUT2D eigenvalue weighted by atomic mass is 9.71.